The minimum Gasteiger partial charge on any atom is -0.434 e. The molecular weight excluding hydrogens is 502 g/mol. The third-order valence-electron chi connectivity index (χ3n) is 8.43. The van der Waals surface area contributed by atoms with Crippen molar-refractivity contribution in [3.05, 3.63) is 77.1 Å². The van der Waals surface area contributed by atoms with Crippen molar-refractivity contribution in [2.75, 3.05) is 11.4 Å². The van der Waals surface area contributed by atoms with Crippen molar-refractivity contribution in [3.8, 4) is 0 Å². The summed E-state index contributed by atoms with van der Waals surface area (Å²) in [5, 5.41) is 0. The molecule has 41 heavy (non-hydrogen) atoms. The van der Waals surface area contributed by atoms with E-state index in [1.807, 2.05) is 12.2 Å². The Labute approximate surface area is 251 Å². The van der Waals surface area contributed by atoms with Crippen LogP contribution in [0.25, 0.3) is 6.08 Å². The van der Waals surface area contributed by atoms with Crippen LogP contribution in [0.15, 0.2) is 60.4 Å². The number of allylic oxidation sites excluding steroid dienone is 3. The van der Waals surface area contributed by atoms with Gasteiger partial charge in [0.15, 0.2) is 0 Å². The molecule has 0 unspecified atom stereocenters. The second-order valence-electron chi connectivity index (χ2n) is 11.8. The lowest BCUT2D eigenvalue weighted by Gasteiger charge is -2.27. The molecule has 0 atom stereocenters. The van der Waals surface area contributed by atoms with Crippen molar-refractivity contribution in [3.63, 3.8) is 0 Å². The molecule has 2 aromatic rings. The summed E-state index contributed by atoms with van der Waals surface area (Å²) in [6.07, 6.45) is 30.3. The van der Waals surface area contributed by atoms with E-state index in [1.165, 1.54) is 131 Å². The van der Waals surface area contributed by atoms with Gasteiger partial charge in [-0.3, -0.25) is 4.79 Å². The number of rotatable bonds is 21. The average molecular weight is 558 g/mol. The Morgan fingerprint density at radius 2 is 1.29 bits per heavy atom. The molecule has 0 fully saturated rings. The number of ether oxygens (including phenoxy) is 1. The maximum atomic E-state index is 10.5. The van der Waals surface area contributed by atoms with E-state index in [0.717, 1.165) is 19.4 Å². The highest BCUT2D eigenvalue weighted by molar-refractivity contribution is 5.73. The molecule has 1 heterocycles. The van der Waals surface area contributed by atoms with Crippen LogP contribution in [0.3, 0.4) is 0 Å². The number of carbonyl (C=O) groups is 1. The molecule has 1 aliphatic rings. The topological polar surface area (TPSA) is 29.5 Å². The zero-order chi connectivity index (χ0) is 29.0. The van der Waals surface area contributed by atoms with Crippen molar-refractivity contribution >= 4 is 23.9 Å². The number of hydrogen-bond donors (Lipinski definition) is 0. The van der Waals surface area contributed by atoms with E-state index in [0.29, 0.717) is 12.2 Å². The molecule has 3 nitrogen and oxygen atoms in total. The number of aryl methyl sites for hydroxylation is 2. The summed E-state index contributed by atoms with van der Waals surface area (Å²) < 4.78 is 4.87. The van der Waals surface area contributed by atoms with E-state index in [9.17, 15) is 4.79 Å². The molecule has 0 aromatic heterocycles. The van der Waals surface area contributed by atoms with Crippen LogP contribution >= 0.6 is 0 Å². The van der Waals surface area contributed by atoms with Crippen LogP contribution in [0.5, 0.6) is 0 Å². The SMILES string of the molecule is CCCCCCCCCCCCCCCCCCN1c2ccccc2CCc2cc(/C=C/C=C(/C)OC=O)ccc21. The molecule has 2 aromatic carbocycles. The Kier molecular flexibility index (Phi) is 16.1. The maximum Gasteiger partial charge on any atom is 0.298 e. The van der Waals surface area contributed by atoms with Gasteiger partial charge >= 0.3 is 0 Å². The van der Waals surface area contributed by atoms with Crippen molar-refractivity contribution in [1.29, 1.82) is 0 Å². The van der Waals surface area contributed by atoms with Gasteiger partial charge in [0, 0.05) is 17.9 Å². The summed E-state index contributed by atoms with van der Waals surface area (Å²) in [6, 6.07) is 15.8. The number of nitrogens with zero attached hydrogens (tertiary/aromatic N) is 1. The van der Waals surface area contributed by atoms with Crippen LogP contribution in [0.2, 0.25) is 0 Å². The fourth-order valence-corrected chi connectivity index (χ4v) is 6.03. The predicted molar refractivity (Wildman–Crippen MR) is 177 cm³/mol. The van der Waals surface area contributed by atoms with Crippen molar-refractivity contribution in [2.45, 2.75) is 129 Å². The van der Waals surface area contributed by atoms with Crippen LogP contribution in [-0.4, -0.2) is 13.0 Å². The Bertz CT molecular complexity index is 1070. The summed E-state index contributed by atoms with van der Waals surface area (Å²) in [7, 11) is 0. The number of hydrogen-bond acceptors (Lipinski definition) is 3. The molecule has 0 bridgehead atoms. The number of benzene rings is 2. The molecule has 224 valence electrons. The number of carbonyl (C=O) groups excluding carboxylic acids is 1. The van der Waals surface area contributed by atoms with Gasteiger partial charge in [-0.25, -0.2) is 0 Å². The molecule has 0 saturated heterocycles. The minimum atomic E-state index is 0.466. The first kappa shape index (κ1) is 32.7. The number of unbranched alkanes of at least 4 members (excludes halogenated alkanes) is 15. The summed E-state index contributed by atoms with van der Waals surface area (Å²) in [5.41, 5.74) is 6.75. The second kappa shape index (κ2) is 20.1. The normalized spacial score (nSPS) is 13.2. The molecule has 0 N–H and O–H groups in total. The van der Waals surface area contributed by atoms with Crippen molar-refractivity contribution < 1.29 is 9.53 Å². The lowest BCUT2D eigenvalue weighted by atomic mass is 10.0. The standard InChI is InChI=1S/C38H55NO2/c1-3-4-5-6-7-8-9-10-11-12-13-14-15-16-17-20-30-39-37-25-19-18-24-35(37)27-28-36-31-34(26-29-38(36)39)23-21-22-33(2)41-32-40/h18-19,21-26,29,31-32H,3-17,20,27-28,30H2,1-2H3/b23-21+,33-22-. The molecule has 0 radical (unpaired) electrons. The first-order valence-corrected chi connectivity index (χ1v) is 16.7. The summed E-state index contributed by atoms with van der Waals surface area (Å²) in [6.45, 7) is 5.61. The summed E-state index contributed by atoms with van der Waals surface area (Å²) in [4.78, 5) is 13.1. The van der Waals surface area contributed by atoms with E-state index >= 15 is 0 Å². The van der Waals surface area contributed by atoms with E-state index in [2.05, 4.69) is 60.4 Å². The molecule has 0 saturated carbocycles. The summed E-state index contributed by atoms with van der Waals surface area (Å²) in [5.74, 6) is 0.589. The van der Waals surface area contributed by atoms with Crippen LogP contribution < -0.4 is 4.90 Å². The van der Waals surface area contributed by atoms with Gasteiger partial charge in [0.05, 0.1) is 0 Å². The molecule has 0 amide bonds. The summed E-state index contributed by atoms with van der Waals surface area (Å²) >= 11 is 0. The van der Waals surface area contributed by atoms with Gasteiger partial charge in [-0.05, 0) is 67.2 Å². The fourth-order valence-electron chi connectivity index (χ4n) is 6.03. The van der Waals surface area contributed by atoms with E-state index in [-0.39, 0.29) is 0 Å². The smallest absolute Gasteiger partial charge is 0.298 e. The van der Waals surface area contributed by atoms with Gasteiger partial charge in [-0.1, -0.05) is 140 Å². The number of anilines is 2. The third-order valence-corrected chi connectivity index (χ3v) is 8.43. The molecule has 0 aliphatic carbocycles. The second-order valence-corrected chi connectivity index (χ2v) is 11.8. The Morgan fingerprint density at radius 3 is 1.93 bits per heavy atom. The van der Waals surface area contributed by atoms with Gasteiger partial charge in [-0.15, -0.1) is 0 Å². The monoisotopic (exact) mass is 557 g/mol. The predicted octanol–water partition coefficient (Wildman–Crippen LogP) is 11.3. The molecule has 3 rings (SSSR count). The highest BCUT2D eigenvalue weighted by Crippen LogP contribution is 2.37. The zero-order valence-electron chi connectivity index (χ0n) is 26.0. The Hall–Kier alpha value is -2.81. The van der Waals surface area contributed by atoms with Crippen LogP contribution in [0, 0.1) is 0 Å². The average Bonchev–Trinajstić information content (AvgIpc) is 3.13. The highest BCUT2D eigenvalue weighted by atomic mass is 16.5. The lowest BCUT2D eigenvalue weighted by molar-refractivity contribution is -0.124. The van der Waals surface area contributed by atoms with Gasteiger partial charge in [0.25, 0.3) is 6.47 Å². The van der Waals surface area contributed by atoms with Crippen LogP contribution in [0.1, 0.15) is 133 Å². The molecule has 3 heteroatoms. The molecular formula is C38H55NO2. The van der Waals surface area contributed by atoms with E-state index < -0.39 is 0 Å². The third kappa shape index (κ3) is 12.3. The largest absolute Gasteiger partial charge is 0.434 e. The Balaban J connectivity index is 1.40. The first-order chi connectivity index (χ1) is 20.2. The number of fused-ring (bicyclic) bond motifs is 2. The van der Waals surface area contributed by atoms with Gasteiger partial charge < -0.3 is 9.64 Å². The van der Waals surface area contributed by atoms with E-state index in [1.54, 1.807) is 6.92 Å². The highest BCUT2D eigenvalue weighted by Gasteiger charge is 2.20. The minimum absolute atomic E-state index is 0.466. The van der Waals surface area contributed by atoms with E-state index in [4.69, 9.17) is 4.74 Å². The van der Waals surface area contributed by atoms with Crippen LogP contribution in [-0.2, 0) is 22.4 Å². The van der Waals surface area contributed by atoms with Gasteiger partial charge in [-0.2, -0.15) is 0 Å². The first-order valence-electron chi connectivity index (χ1n) is 16.7. The van der Waals surface area contributed by atoms with Crippen molar-refractivity contribution in [1.82, 2.24) is 0 Å². The molecule has 0 spiro atoms. The molecule has 1 aliphatic heterocycles. The van der Waals surface area contributed by atoms with Gasteiger partial charge in [0.1, 0.15) is 5.76 Å². The fraction of sp³-hybridized carbons (Fsp3) is 0.553. The Morgan fingerprint density at radius 1 is 0.732 bits per heavy atom. The van der Waals surface area contributed by atoms with Crippen LogP contribution in [0.4, 0.5) is 11.4 Å². The lowest BCUT2D eigenvalue weighted by Crippen LogP contribution is -2.19. The van der Waals surface area contributed by atoms with Crippen molar-refractivity contribution in [2.24, 2.45) is 0 Å². The zero-order valence-corrected chi connectivity index (χ0v) is 26.0. The maximum absolute atomic E-state index is 10.5. The quantitative estimate of drug-likeness (QED) is 0.0661. The number of para-hydroxylation sites is 1. The van der Waals surface area contributed by atoms with Gasteiger partial charge in [0.2, 0.25) is 0 Å².